The second-order valence-corrected chi connectivity index (χ2v) is 11.0. The van der Waals surface area contributed by atoms with E-state index in [1.54, 1.807) is 6.92 Å². The zero-order valence-electron chi connectivity index (χ0n) is 25.3. The summed E-state index contributed by atoms with van der Waals surface area (Å²) in [6, 6.07) is 5.11. The maximum absolute atomic E-state index is 13.3. The van der Waals surface area contributed by atoms with Gasteiger partial charge >= 0.3 is 18.1 Å². The molecule has 4 unspecified atom stereocenters. The first kappa shape index (κ1) is 34.0. The molecule has 0 bridgehead atoms. The molecule has 11 nitrogen and oxygen atoms in total. The minimum atomic E-state index is -4.45. The molecule has 1 aromatic heterocycles. The Morgan fingerprint density at radius 3 is 2.44 bits per heavy atom. The van der Waals surface area contributed by atoms with Crippen molar-refractivity contribution >= 4 is 17.8 Å². The molecule has 1 aromatic carbocycles. The molecule has 246 valence electrons. The van der Waals surface area contributed by atoms with Crippen LogP contribution >= 0.6 is 0 Å². The van der Waals surface area contributed by atoms with E-state index in [2.05, 4.69) is 10.3 Å². The number of carbonyl (C=O) groups is 3. The normalized spacial score (nSPS) is 22.8. The van der Waals surface area contributed by atoms with Crippen LogP contribution in [0.1, 0.15) is 61.1 Å². The number of nitrogens with one attached hydrogen (secondary N) is 1. The number of ether oxygens (including phenoxy) is 6. The highest BCUT2D eigenvalue weighted by Gasteiger charge is 2.38. The Bertz CT molecular complexity index is 1320. The van der Waals surface area contributed by atoms with Gasteiger partial charge in [-0.2, -0.15) is 13.2 Å². The summed E-state index contributed by atoms with van der Waals surface area (Å²) in [5.74, 6) is -2.51. The standard InChI is InChI=1S/C31H37F3N2O9/c1-18-27(45-23-6-4-5-7-23)21(14-20-8-10-22(11-9-20)31(32,33)34)15-41-16-24(30(39)44-18)36-29(38)26-28(43-17-42-19(2)37)25(40-3)12-13-35-26/h8-13,18,21,23-24,27H,4-7,14-17H2,1-3H3,(H,36,38). The van der Waals surface area contributed by atoms with Crippen LogP contribution in [-0.2, 0) is 41.1 Å². The third-order valence-electron chi connectivity index (χ3n) is 7.64. The Labute approximate surface area is 258 Å². The number of halogens is 3. The summed E-state index contributed by atoms with van der Waals surface area (Å²) in [5, 5.41) is 2.57. The highest BCUT2D eigenvalue weighted by molar-refractivity contribution is 5.98. The highest BCUT2D eigenvalue weighted by atomic mass is 19.4. The second-order valence-electron chi connectivity index (χ2n) is 11.0. The topological polar surface area (TPSA) is 132 Å². The van der Waals surface area contributed by atoms with Gasteiger partial charge in [-0.25, -0.2) is 9.78 Å². The molecule has 1 aliphatic carbocycles. The van der Waals surface area contributed by atoms with Gasteiger partial charge < -0.3 is 33.7 Å². The molecule has 1 N–H and O–H groups in total. The third kappa shape index (κ3) is 9.30. The third-order valence-corrected chi connectivity index (χ3v) is 7.64. The van der Waals surface area contributed by atoms with E-state index < -0.39 is 54.6 Å². The van der Waals surface area contributed by atoms with Gasteiger partial charge in [0, 0.05) is 25.1 Å². The molecule has 4 rings (SSSR count). The largest absolute Gasteiger partial charge is 0.493 e. The van der Waals surface area contributed by atoms with E-state index in [0.717, 1.165) is 37.8 Å². The molecule has 2 aromatic rings. The minimum Gasteiger partial charge on any atom is -0.493 e. The quantitative estimate of drug-likeness (QED) is 0.298. The fourth-order valence-corrected chi connectivity index (χ4v) is 5.38. The lowest BCUT2D eigenvalue weighted by Crippen LogP contribution is -2.47. The summed E-state index contributed by atoms with van der Waals surface area (Å²) in [6.07, 6.45) is -0.563. The Morgan fingerprint density at radius 1 is 1.09 bits per heavy atom. The number of carbonyl (C=O) groups excluding carboxylic acids is 3. The number of alkyl halides is 3. The van der Waals surface area contributed by atoms with Gasteiger partial charge in [0.25, 0.3) is 5.91 Å². The SMILES string of the molecule is COc1ccnc(C(=O)NC2COCC(Cc3ccc(C(F)(F)F)cc3)C(OC3CCCC3)C(C)OC2=O)c1OCOC(C)=O. The summed E-state index contributed by atoms with van der Waals surface area (Å²) in [4.78, 5) is 41.9. The predicted molar refractivity (Wildman–Crippen MR) is 151 cm³/mol. The summed E-state index contributed by atoms with van der Waals surface area (Å²) < 4.78 is 73.1. The van der Waals surface area contributed by atoms with Crippen molar-refractivity contribution in [2.24, 2.45) is 5.92 Å². The molecule has 0 spiro atoms. The highest BCUT2D eigenvalue weighted by Crippen LogP contribution is 2.32. The number of aromatic nitrogens is 1. The van der Waals surface area contributed by atoms with Gasteiger partial charge in [-0.1, -0.05) is 25.0 Å². The molecule has 1 saturated carbocycles. The molecule has 2 fully saturated rings. The fraction of sp³-hybridized carbons (Fsp3) is 0.548. The van der Waals surface area contributed by atoms with Crippen molar-refractivity contribution in [2.75, 3.05) is 27.1 Å². The number of methoxy groups -OCH3 is 1. The van der Waals surface area contributed by atoms with E-state index >= 15 is 0 Å². The van der Waals surface area contributed by atoms with Crippen LogP contribution in [0.3, 0.4) is 0 Å². The first-order valence-electron chi connectivity index (χ1n) is 14.7. The number of cyclic esters (lactones) is 1. The Balaban J connectivity index is 1.52. The fourth-order valence-electron chi connectivity index (χ4n) is 5.38. The van der Waals surface area contributed by atoms with Gasteiger partial charge in [-0.15, -0.1) is 0 Å². The van der Waals surface area contributed by atoms with E-state index in [-0.39, 0.29) is 42.4 Å². The van der Waals surface area contributed by atoms with Crippen LogP contribution in [0.2, 0.25) is 0 Å². The Morgan fingerprint density at radius 2 is 1.80 bits per heavy atom. The molecule has 1 saturated heterocycles. The van der Waals surface area contributed by atoms with Gasteiger partial charge in [0.2, 0.25) is 6.79 Å². The average Bonchev–Trinajstić information content (AvgIpc) is 3.52. The van der Waals surface area contributed by atoms with Crippen molar-refractivity contribution < 1.29 is 56.0 Å². The van der Waals surface area contributed by atoms with E-state index in [1.807, 2.05) is 0 Å². The van der Waals surface area contributed by atoms with Crippen molar-refractivity contribution in [3.63, 3.8) is 0 Å². The maximum Gasteiger partial charge on any atom is 0.416 e. The summed E-state index contributed by atoms with van der Waals surface area (Å²) in [5.41, 5.74) is -0.337. The van der Waals surface area contributed by atoms with E-state index in [9.17, 15) is 27.6 Å². The molecule has 0 radical (unpaired) electrons. The van der Waals surface area contributed by atoms with Gasteiger partial charge in [0.15, 0.2) is 23.2 Å². The molecule has 14 heteroatoms. The molecular formula is C31H37F3N2O9. The van der Waals surface area contributed by atoms with Crippen LogP contribution < -0.4 is 14.8 Å². The smallest absolute Gasteiger partial charge is 0.416 e. The molecule has 45 heavy (non-hydrogen) atoms. The number of amides is 1. The first-order chi connectivity index (χ1) is 21.5. The van der Waals surface area contributed by atoms with Crippen molar-refractivity contribution in [2.45, 2.75) is 76.5 Å². The molecule has 2 aliphatic rings. The zero-order chi connectivity index (χ0) is 32.6. The monoisotopic (exact) mass is 638 g/mol. The van der Waals surface area contributed by atoms with Crippen LogP contribution in [-0.4, -0.2) is 74.3 Å². The number of nitrogens with zero attached hydrogens (tertiary/aromatic N) is 1. The molecule has 1 aliphatic heterocycles. The summed E-state index contributed by atoms with van der Waals surface area (Å²) in [6.45, 7) is 2.20. The number of hydrogen-bond acceptors (Lipinski definition) is 10. The van der Waals surface area contributed by atoms with Crippen molar-refractivity contribution in [1.29, 1.82) is 0 Å². The second kappa shape index (κ2) is 15.4. The van der Waals surface area contributed by atoms with Crippen LogP contribution in [0, 0.1) is 5.92 Å². The van der Waals surface area contributed by atoms with E-state index in [4.69, 9.17) is 28.4 Å². The predicted octanol–water partition coefficient (Wildman–Crippen LogP) is 4.26. The maximum atomic E-state index is 13.3. The number of hydrogen-bond donors (Lipinski definition) is 1. The van der Waals surface area contributed by atoms with Crippen LogP contribution in [0.5, 0.6) is 11.5 Å². The lowest BCUT2D eigenvalue weighted by molar-refractivity contribution is -0.164. The summed E-state index contributed by atoms with van der Waals surface area (Å²) >= 11 is 0. The molecule has 2 heterocycles. The average molecular weight is 639 g/mol. The molecule has 4 atom stereocenters. The van der Waals surface area contributed by atoms with Gasteiger partial charge in [0.1, 0.15) is 6.10 Å². The van der Waals surface area contributed by atoms with Crippen molar-refractivity contribution in [1.82, 2.24) is 10.3 Å². The van der Waals surface area contributed by atoms with Crippen molar-refractivity contribution in [3.05, 3.63) is 53.3 Å². The number of esters is 2. The van der Waals surface area contributed by atoms with Gasteiger partial charge in [0.05, 0.1) is 38.1 Å². The molecular weight excluding hydrogens is 601 g/mol. The van der Waals surface area contributed by atoms with Crippen molar-refractivity contribution in [3.8, 4) is 11.5 Å². The zero-order valence-corrected chi connectivity index (χ0v) is 25.3. The summed E-state index contributed by atoms with van der Waals surface area (Å²) in [7, 11) is 1.35. The Hall–Kier alpha value is -3.91. The van der Waals surface area contributed by atoms with Crippen LogP contribution in [0.15, 0.2) is 36.5 Å². The molecule has 1 amide bonds. The number of pyridine rings is 1. The number of rotatable bonds is 10. The van der Waals surface area contributed by atoms with Gasteiger partial charge in [-0.3, -0.25) is 9.59 Å². The first-order valence-corrected chi connectivity index (χ1v) is 14.7. The number of benzene rings is 1. The lowest BCUT2D eigenvalue weighted by atomic mass is 9.91. The Kier molecular flexibility index (Phi) is 11.6. The van der Waals surface area contributed by atoms with E-state index in [1.165, 1.54) is 38.4 Å². The van der Waals surface area contributed by atoms with Crippen LogP contribution in [0.4, 0.5) is 13.2 Å². The lowest BCUT2D eigenvalue weighted by Gasteiger charge is -2.33. The van der Waals surface area contributed by atoms with E-state index in [0.29, 0.717) is 12.0 Å². The van der Waals surface area contributed by atoms with Crippen LogP contribution in [0.25, 0.3) is 0 Å². The minimum absolute atomic E-state index is 0.0490. The van der Waals surface area contributed by atoms with Gasteiger partial charge in [-0.05, 0) is 43.9 Å².